The van der Waals surface area contributed by atoms with Gasteiger partial charge >= 0.3 is 0 Å². The van der Waals surface area contributed by atoms with E-state index in [1.54, 1.807) is 0 Å². The van der Waals surface area contributed by atoms with E-state index in [1.807, 2.05) is 6.92 Å². The van der Waals surface area contributed by atoms with Crippen LogP contribution in [0.4, 0.5) is 14.5 Å². The van der Waals surface area contributed by atoms with Crippen molar-refractivity contribution in [3.63, 3.8) is 0 Å². The highest BCUT2D eigenvalue weighted by Crippen LogP contribution is 2.17. The highest BCUT2D eigenvalue weighted by atomic mass is 19.1. The van der Waals surface area contributed by atoms with Gasteiger partial charge in [-0.25, -0.2) is 8.78 Å². The third kappa shape index (κ3) is 5.43. The van der Waals surface area contributed by atoms with Crippen molar-refractivity contribution < 1.29 is 23.2 Å². The van der Waals surface area contributed by atoms with E-state index in [4.69, 9.17) is 5.73 Å². The van der Waals surface area contributed by atoms with Gasteiger partial charge in [-0.2, -0.15) is 5.10 Å². The molecule has 1 fully saturated rings. The third-order valence-corrected chi connectivity index (χ3v) is 4.04. The minimum atomic E-state index is -0.987. The summed E-state index contributed by atoms with van der Waals surface area (Å²) in [5.41, 5.74) is 4.97. The number of H-pyrrole nitrogens is 1. The van der Waals surface area contributed by atoms with Crippen molar-refractivity contribution in [3.05, 3.63) is 47.3 Å². The summed E-state index contributed by atoms with van der Waals surface area (Å²) >= 11 is 0. The van der Waals surface area contributed by atoms with Gasteiger partial charge in [0, 0.05) is 25.4 Å². The predicted octanol–water partition coefficient (Wildman–Crippen LogP) is 1.76. The fourth-order valence-electron chi connectivity index (χ4n) is 2.43. The number of carbonyl (C=O) groups is 3. The van der Waals surface area contributed by atoms with Crippen LogP contribution in [-0.4, -0.2) is 39.9 Å². The topological polar surface area (TPSA) is 130 Å². The van der Waals surface area contributed by atoms with Gasteiger partial charge in [0.05, 0.1) is 11.9 Å². The number of halogens is 2. The molecule has 1 saturated heterocycles. The standard InChI is InChI=1S/C12H9F2N3O2.C6H12N2O/c1-6(18)11-9(5-15-17-11)16-12(19)10-7(13)3-2-4-8(10)14;1-6(7)3-2-5(9)8-4-6/h2-5H,1H3,(H,15,17)(H,16,19);2-4,7H2,1H3,(H,8,9). The second-order valence-electron chi connectivity index (χ2n) is 6.70. The first-order valence-corrected chi connectivity index (χ1v) is 8.46. The number of ketones is 1. The molecule has 2 amide bonds. The lowest BCUT2D eigenvalue weighted by molar-refractivity contribution is -0.123. The average molecular weight is 393 g/mol. The minimum absolute atomic E-state index is 0.0603. The maximum Gasteiger partial charge on any atom is 0.261 e. The van der Waals surface area contributed by atoms with Gasteiger partial charge in [-0.15, -0.1) is 0 Å². The van der Waals surface area contributed by atoms with Crippen LogP contribution < -0.4 is 16.4 Å². The number of nitrogens with one attached hydrogen (secondary N) is 3. The summed E-state index contributed by atoms with van der Waals surface area (Å²) in [4.78, 5) is 33.6. The molecule has 8 nitrogen and oxygen atoms in total. The molecule has 1 atom stereocenters. The lowest BCUT2D eigenvalue weighted by Gasteiger charge is -2.28. The number of Topliss-reactive ketones (excluding diaryl/α,β-unsaturated/α-hetero) is 1. The Morgan fingerprint density at radius 2 is 1.93 bits per heavy atom. The molecule has 0 spiro atoms. The van der Waals surface area contributed by atoms with E-state index >= 15 is 0 Å². The molecule has 28 heavy (non-hydrogen) atoms. The van der Waals surface area contributed by atoms with Gasteiger partial charge < -0.3 is 16.4 Å². The molecule has 1 aromatic carbocycles. The Labute approximate surface area is 159 Å². The van der Waals surface area contributed by atoms with Crippen LogP contribution >= 0.6 is 0 Å². The smallest absolute Gasteiger partial charge is 0.261 e. The number of rotatable bonds is 3. The summed E-state index contributed by atoms with van der Waals surface area (Å²) in [6, 6.07) is 3.10. The number of nitrogens with zero attached hydrogens (tertiary/aromatic N) is 1. The van der Waals surface area contributed by atoms with Crippen LogP contribution in [0.15, 0.2) is 24.4 Å². The van der Waals surface area contributed by atoms with Gasteiger partial charge in [0.25, 0.3) is 5.91 Å². The molecule has 3 rings (SSSR count). The van der Waals surface area contributed by atoms with E-state index in [2.05, 4.69) is 20.8 Å². The number of anilines is 1. The molecule has 0 aliphatic carbocycles. The number of amides is 2. The summed E-state index contributed by atoms with van der Waals surface area (Å²) < 4.78 is 26.8. The Balaban J connectivity index is 0.000000261. The first-order chi connectivity index (χ1) is 13.1. The molecule has 5 N–H and O–H groups in total. The lowest BCUT2D eigenvalue weighted by Crippen LogP contribution is -2.52. The van der Waals surface area contributed by atoms with Gasteiger partial charge in [0.1, 0.15) is 22.9 Å². The summed E-state index contributed by atoms with van der Waals surface area (Å²) in [5, 5.41) is 10.9. The van der Waals surface area contributed by atoms with Crippen LogP contribution in [0.2, 0.25) is 0 Å². The van der Waals surface area contributed by atoms with Crippen LogP contribution in [0.5, 0.6) is 0 Å². The van der Waals surface area contributed by atoms with Crippen LogP contribution in [0.3, 0.4) is 0 Å². The monoisotopic (exact) mass is 393 g/mol. The zero-order chi connectivity index (χ0) is 20.9. The SMILES string of the molecule is CC(=O)c1[nH]ncc1NC(=O)c1c(F)cccc1F.CC1(N)CCC(=O)NC1. The fraction of sp³-hybridized carbons (Fsp3) is 0.333. The highest BCUT2D eigenvalue weighted by Gasteiger charge is 2.24. The highest BCUT2D eigenvalue weighted by molar-refractivity contribution is 6.08. The molecule has 2 heterocycles. The Bertz CT molecular complexity index is 863. The van der Waals surface area contributed by atoms with E-state index in [0.29, 0.717) is 13.0 Å². The van der Waals surface area contributed by atoms with E-state index < -0.39 is 23.1 Å². The largest absolute Gasteiger partial charge is 0.354 e. The number of hydrogen-bond donors (Lipinski definition) is 4. The second-order valence-corrected chi connectivity index (χ2v) is 6.70. The van der Waals surface area contributed by atoms with Crippen LogP contribution in [0.1, 0.15) is 47.5 Å². The molecule has 150 valence electrons. The summed E-state index contributed by atoms with van der Waals surface area (Å²) in [5.74, 6) is -3.19. The maximum atomic E-state index is 13.4. The van der Waals surface area contributed by atoms with Gasteiger partial charge in [0.15, 0.2) is 5.78 Å². The van der Waals surface area contributed by atoms with Crippen LogP contribution in [-0.2, 0) is 4.79 Å². The van der Waals surface area contributed by atoms with Crippen molar-refractivity contribution in [1.82, 2.24) is 15.5 Å². The maximum absolute atomic E-state index is 13.4. The number of aromatic amines is 1. The fourth-order valence-corrected chi connectivity index (χ4v) is 2.43. The molecule has 10 heteroatoms. The van der Waals surface area contributed by atoms with Gasteiger partial charge in [-0.3, -0.25) is 19.5 Å². The van der Waals surface area contributed by atoms with Crippen LogP contribution in [0.25, 0.3) is 0 Å². The van der Waals surface area contributed by atoms with E-state index in [-0.39, 0.29) is 28.6 Å². The average Bonchev–Trinajstić information content (AvgIpc) is 3.06. The number of aromatic nitrogens is 2. The molecule has 1 aliphatic rings. The molecular formula is C18H21F2N5O3. The molecule has 0 bridgehead atoms. The Morgan fingerprint density at radius 3 is 2.43 bits per heavy atom. The van der Waals surface area contributed by atoms with Crippen molar-refractivity contribution in [1.29, 1.82) is 0 Å². The van der Waals surface area contributed by atoms with E-state index in [9.17, 15) is 23.2 Å². The molecule has 1 aromatic heterocycles. The second kappa shape index (κ2) is 8.70. The van der Waals surface area contributed by atoms with E-state index in [0.717, 1.165) is 24.6 Å². The third-order valence-electron chi connectivity index (χ3n) is 4.04. The number of nitrogens with two attached hydrogens (primary N) is 1. The van der Waals surface area contributed by atoms with Crippen LogP contribution in [0, 0.1) is 11.6 Å². The first kappa shape index (κ1) is 21.2. The summed E-state index contributed by atoms with van der Waals surface area (Å²) in [7, 11) is 0. The molecule has 0 saturated carbocycles. The van der Waals surface area contributed by atoms with Crippen molar-refractivity contribution >= 4 is 23.3 Å². The van der Waals surface area contributed by atoms with Crippen molar-refractivity contribution in [2.45, 2.75) is 32.2 Å². The van der Waals surface area contributed by atoms with Gasteiger partial charge in [-0.05, 0) is 25.5 Å². The Hall–Kier alpha value is -3.14. The van der Waals surface area contributed by atoms with Gasteiger partial charge in [0.2, 0.25) is 5.91 Å². The molecule has 0 radical (unpaired) electrons. The summed E-state index contributed by atoms with van der Waals surface area (Å²) in [6.45, 7) is 3.84. The predicted molar refractivity (Wildman–Crippen MR) is 97.7 cm³/mol. The molecule has 1 aliphatic heterocycles. The lowest BCUT2D eigenvalue weighted by atomic mass is 9.94. The van der Waals surface area contributed by atoms with Crippen molar-refractivity contribution in [3.8, 4) is 0 Å². The number of carbonyl (C=O) groups excluding carboxylic acids is 3. The van der Waals surface area contributed by atoms with E-state index in [1.165, 1.54) is 13.1 Å². The normalized spacial score (nSPS) is 18.5. The number of hydrogen-bond acceptors (Lipinski definition) is 5. The molecule has 2 aromatic rings. The number of benzene rings is 1. The summed E-state index contributed by atoms with van der Waals surface area (Å²) in [6.07, 6.45) is 2.57. The number of piperidine rings is 1. The molecular weight excluding hydrogens is 372 g/mol. The van der Waals surface area contributed by atoms with Gasteiger partial charge in [-0.1, -0.05) is 6.07 Å². The Morgan fingerprint density at radius 1 is 1.29 bits per heavy atom. The Kier molecular flexibility index (Phi) is 6.57. The van der Waals surface area contributed by atoms with Crippen molar-refractivity contribution in [2.75, 3.05) is 11.9 Å². The zero-order valence-electron chi connectivity index (χ0n) is 15.4. The zero-order valence-corrected chi connectivity index (χ0v) is 15.4. The van der Waals surface area contributed by atoms with Crippen molar-refractivity contribution in [2.24, 2.45) is 5.73 Å². The first-order valence-electron chi connectivity index (χ1n) is 8.46. The minimum Gasteiger partial charge on any atom is -0.354 e. The molecule has 1 unspecified atom stereocenters. The quantitative estimate of drug-likeness (QED) is 0.591.